The number of aliphatic hydroxyl groups excluding tert-OH is 1. The summed E-state index contributed by atoms with van der Waals surface area (Å²) in [5.41, 5.74) is 0. The van der Waals surface area contributed by atoms with E-state index in [2.05, 4.69) is 6.07 Å². The van der Waals surface area contributed by atoms with Crippen molar-refractivity contribution in [2.24, 2.45) is 11.8 Å². The molecule has 3 aliphatic rings. The van der Waals surface area contributed by atoms with Gasteiger partial charge in [0.2, 0.25) is 11.8 Å². The Bertz CT molecular complexity index is 538. The second-order valence-electron chi connectivity index (χ2n) is 7.03. The molecule has 132 valence electrons. The third kappa shape index (κ3) is 3.37. The fourth-order valence-corrected chi connectivity index (χ4v) is 4.61. The number of hydrogen-bond donors (Lipinski definition) is 1. The number of aliphatic hydroxyl groups is 1. The van der Waals surface area contributed by atoms with E-state index in [9.17, 15) is 9.59 Å². The van der Waals surface area contributed by atoms with Crippen molar-refractivity contribution in [1.29, 1.82) is 5.26 Å². The number of nitrogens with zero attached hydrogens (tertiary/aromatic N) is 4. The average molecular weight is 355 g/mol. The molecule has 1 unspecified atom stereocenters. The molecule has 2 aliphatic heterocycles. The van der Waals surface area contributed by atoms with E-state index in [0.717, 1.165) is 25.7 Å². The van der Waals surface area contributed by atoms with Crippen molar-refractivity contribution in [2.75, 3.05) is 32.8 Å². The minimum atomic E-state index is -0.436. The Morgan fingerprint density at radius 2 is 1.92 bits per heavy atom. The maximum absolute atomic E-state index is 12.4. The van der Waals surface area contributed by atoms with Gasteiger partial charge in [-0.2, -0.15) is 5.26 Å². The normalized spacial score (nSPS) is 32.2. The van der Waals surface area contributed by atoms with Gasteiger partial charge >= 0.3 is 0 Å². The minimum Gasteiger partial charge on any atom is -0.387 e. The fraction of sp³-hybridized carbons (Fsp3) is 0.812. The van der Waals surface area contributed by atoms with E-state index in [0.29, 0.717) is 31.5 Å². The molecule has 0 aromatic heterocycles. The Labute approximate surface area is 146 Å². The van der Waals surface area contributed by atoms with Gasteiger partial charge in [-0.05, 0) is 49.3 Å². The lowest BCUT2D eigenvalue weighted by atomic mass is 10.0. The molecule has 1 saturated carbocycles. The van der Waals surface area contributed by atoms with Crippen molar-refractivity contribution in [2.45, 2.75) is 37.8 Å². The van der Waals surface area contributed by atoms with Crippen molar-refractivity contribution in [1.82, 2.24) is 14.2 Å². The van der Waals surface area contributed by atoms with E-state index >= 15 is 0 Å². The molecular weight excluding hydrogens is 332 g/mol. The fourth-order valence-electron chi connectivity index (χ4n) is 4.35. The quantitative estimate of drug-likeness (QED) is 0.728. The number of rotatable bonds is 4. The van der Waals surface area contributed by atoms with Gasteiger partial charge in [0.1, 0.15) is 12.6 Å². The lowest BCUT2D eigenvalue weighted by molar-refractivity contribution is -0.133. The standard InChI is InChI=1S/C16H23ClN4O3/c17-21(9-15(23)20-3-1-2-13(20)6-18)14-4-11-7-19(16(24)10-22)8-12(11)5-14/h11-14,22H,1-5,7-10H2/t11-,12+,13-,14?/m0/s1. The molecule has 2 saturated heterocycles. The lowest BCUT2D eigenvalue weighted by Crippen LogP contribution is -2.42. The van der Waals surface area contributed by atoms with Crippen molar-refractivity contribution in [3.8, 4) is 6.07 Å². The molecule has 1 N–H and O–H groups in total. The van der Waals surface area contributed by atoms with Crippen LogP contribution in [0.2, 0.25) is 0 Å². The molecule has 0 aromatic carbocycles. The number of nitriles is 1. The second kappa shape index (κ2) is 7.26. The van der Waals surface area contributed by atoms with Gasteiger partial charge in [-0.25, -0.2) is 4.42 Å². The van der Waals surface area contributed by atoms with Crippen molar-refractivity contribution in [3.63, 3.8) is 0 Å². The Kier molecular flexibility index (Phi) is 5.28. The largest absolute Gasteiger partial charge is 0.387 e. The van der Waals surface area contributed by atoms with E-state index < -0.39 is 6.61 Å². The summed E-state index contributed by atoms with van der Waals surface area (Å²) in [6.07, 6.45) is 3.33. The highest BCUT2D eigenvalue weighted by molar-refractivity contribution is 6.14. The zero-order valence-corrected chi connectivity index (χ0v) is 14.4. The number of amides is 2. The summed E-state index contributed by atoms with van der Waals surface area (Å²) < 4.78 is 1.59. The molecule has 0 aromatic rings. The van der Waals surface area contributed by atoms with Gasteiger partial charge in [0.15, 0.2) is 0 Å². The summed E-state index contributed by atoms with van der Waals surface area (Å²) in [5.74, 6) is 0.486. The smallest absolute Gasteiger partial charge is 0.248 e. The van der Waals surface area contributed by atoms with E-state index in [-0.39, 0.29) is 30.4 Å². The Morgan fingerprint density at radius 1 is 1.25 bits per heavy atom. The summed E-state index contributed by atoms with van der Waals surface area (Å²) in [6.45, 7) is 1.66. The number of carbonyl (C=O) groups is 2. The number of hydrogen-bond acceptors (Lipinski definition) is 5. The predicted octanol–water partition coefficient (Wildman–Crippen LogP) is 0.186. The summed E-state index contributed by atoms with van der Waals surface area (Å²) in [4.78, 5) is 27.3. The maximum atomic E-state index is 12.4. The first kappa shape index (κ1) is 17.5. The molecule has 1 aliphatic carbocycles. The molecule has 2 amide bonds. The highest BCUT2D eigenvalue weighted by Crippen LogP contribution is 2.40. The van der Waals surface area contributed by atoms with Crippen molar-refractivity contribution < 1.29 is 14.7 Å². The number of carbonyl (C=O) groups excluding carboxylic acids is 2. The first-order valence-electron chi connectivity index (χ1n) is 8.53. The molecule has 0 bridgehead atoms. The van der Waals surface area contributed by atoms with E-state index in [1.807, 2.05) is 0 Å². The SMILES string of the molecule is N#C[C@@H]1CCCN1C(=O)CN(Cl)C1C[C@@H]2CN(C(=O)CO)C[C@@H]2C1. The second-order valence-corrected chi connectivity index (χ2v) is 7.47. The zero-order valence-electron chi connectivity index (χ0n) is 13.6. The molecule has 3 fully saturated rings. The molecule has 7 nitrogen and oxygen atoms in total. The summed E-state index contributed by atoms with van der Waals surface area (Å²) in [6, 6.07) is 1.99. The van der Waals surface area contributed by atoms with Gasteiger partial charge in [-0.3, -0.25) is 9.59 Å². The molecule has 24 heavy (non-hydrogen) atoms. The molecule has 0 spiro atoms. The topological polar surface area (TPSA) is 87.9 Å². The molecule has 2 heterocycles. The van der Waals surface area contributed by atoms with E-state index in [4.69, 9.17) is 22.1 Å². The molecular formula is C16H23ClN4O3. The third-order valence-electron chi connectivity index (χ3n) is 5.62. The van der Waals surface area contributed by atoms with Gasteiger partial charge in [0.05, 0.1) is 12.6 Å². The predicted molar refractivity (Wildman–Crippen MR) is 86.6 cm³/mol. The Morgan fingerprint density at radius 3 is 2.50 bits per heavy atom. The Hall–Kier alpha value is -1.36. The van der Waals surface area contributed by atoms with Gasteiger partial charge < -0.3 is 14.9 Å². The first-order valence-corrected chi connectivity index (χ1v) is 8.87. The average Bonchev–Trinajstić information content (AvgIpc) is 3.26. The van der Waals surface area contributed by atoms with Crippen LogP contribution >= 0.6 is 11.8 Å². The summed E-state index contributed by atoms with van der Waals surface area (Å²) >= 11 is 6.37. The van der Waals surface area contributed by atoms with E-state index in [1.165, 1.54) is 0 Å². The van der Waals surface area contributed by atoms with Gasteiger partial charge in [0.25, 0.3) is 0 Å². The van der Waals surface area contributed by atoms with Gasteiger partial charge in [-0.15, -0.1) is 0 Å². The highest BCUT2D eigenvalue weighted by atomic mass is 35.5. The number of halogens is 1. The molecule has 4 atom stereocenters. The number of likely N-dealkylation sites (tertiary alicyclic amines) is 2. The lowest BCUT2D eigenvalue weighted by Gasteiger charge is -2.26. The van der Waals surface area contributed by atoms with Crippen molar-refractivity contribution in [3.05, 3.63) is 0 Å². The monoisotopic (exact) mass is 354 g/mol. The third-order valence-corrected chi connectivity index (χ3v) is 6.01. The zero-order chi connectivity index (χ0) is 17.3. The van der Waals surface area contributed by atoms with Gasteiger partial charge in [-0.1, -0.05) is 0 Å². The van der Waals surface area contributed by atoms with Crippen LogP contribution in [0.4, 0.5) is 0 Å². The summed E-state index contributed by atoms with van der Waals surface area (Å²) in [7, 11) is 0. The van der Waals surface area contributed by atoms with Crippen LogP contribution in [0.15, 0.2) is 0 Å². The van der Waals surface area contributed by atoms with E-state index in [1.54, 1.807) is 14.2 Å². The van der Waals surface area contributed by atoms with Crippen LogP contribution in [-0.2, 0) is 9.59 Å². The van der Waals surface area contributed by atoms with Crippen LogP contribution in [0.5, 0.6) is 0 Å². The van der Waals surface area contributed by atoms with Crippen LogP contribution in [0.3, 0.4) is 0 Å². The highest BCUT2D eigenvalue weighted by Gasteiger charge is 2.44. The van der Waals surface area contributed by atoms with Crippen LogP contribution in [-0.4, -0.2) is 76.0 Å². The van der Waals surface area contributed by atoms with Crippen LogP contribution in [0.25, 0.3) is 0 Å². The van der Waals surface area contributed by atoms with Crippen LogP contribution in [0.1, 0.15) is 25.7 Å². The maximum Gasteiger partial charge on any atom is 0.248 e. The number of fused-ring (bicyclic) bond motifs is 1. The minimum absolute atomic E-state index is 0.0804. The molecule has 3 rings (SSSR count). The summed E-state index contributed by atoms with van der Waals surface area (Å²) in [5, 5.41) is 18.0. The first-order chi connectivity index (χ1) is 11.5. The molecule has 8 heteroatoms. The Balaban J connectivity index is 1.50. The van der Waals surface area contributed by atoms with Crippen molar-refractivity contribution >= 4 is 23.6 Å². The van der Waals surface area contributed by atoms with Gasteiger partial charge in [0, 0.05) is 25.7 Å². The van der Waals surface area contributed by atoms with Crippen LogP contribution in [0, 0.1) is 23.2 Å². The molecule has 0 radical (unpaired) electrons. The van der Waals surface area contributed by atoms with Crippen LogP contribution < -0.4 is 0 Å².